The lowest BCUT2D eigenvalue weighted by atomic mass is 9.92. The molecule has 4 heteroatoms. The van der Waals surface area contributed by atoms with Crippen molar-refractivity contribution in [3.8, 4) is 5.75 Å². The van der Waals surface area contributed by atoms with Crippen LogP contribution in [0.25, 0.3) is 0 Å². The highest BCUT2D eigenvalue weighted by Gasteiger charge is 2.24. The number of amides is 1. The highest BCUT2D eigenvalue weighted by molar-refractivity contribution is 7.99. The Balaban J connectivity index is 1.90. The molecular formula is C18H27NO2S. The average Bonchev–Trinajstić information content (AvgIpc) is 2.47. The van der Waals surface area contributed by atoms with E-state index >= 15 is 0 Å². The summed E-state index contributed by atoms with van der Waals surface area (Å²) in [5.74, 6) is 4.01. The summed E-state index contributed by atoms with van der Waals surface area (Å²) < 4.78 is 5.40. The van der Waals surface area contributed by atoms with Crippen LogP contribution in [0.3, 0.4) is 0 Å². The van der Waals surface area contributed by atoms with Crippen LogP contribution >= 0.6 is 11.8 Å². The molecule has 1 heterocycles. The number of methoxy groups -OCH3 is 1. The fourth-order valence-electron chi connectivity index (χ4n) is 3.01. The molecule has 0 radical (unpaired) electrons. The Labute approximate surface area is 138 Å². The Morgan fingerprint density at radius 2 is 2.00 bits per heavy atom. The van der Waals surface area contributed by atoms with E-state index in [1.54, 1.807) is 7.11 Å². The van der Waals surface area contributed by atoms with Gasteiger partial charge in [-0.3, -0.25) is 4.79 Å². The molecule has 122 valence electrons. The van der Waals surface area contributed by atoms with Gasteiger partial charge in [0.15, 0.2) is 0 Å². The molecule has 1 N–H and O–H groups in total. The molecule has 2 rings (SSSR count). The van der Waals surface area contributed by atoms with Crippen molar-refractivity contribution in [2.24, 2.45) is 5.92 Å². The lowest BCUT2D eigenvalue weighted by Crippen LogP contribution is -2.45. The minimum Gasteiger partial charge on any atom is -0.496 e. The topological polar surface area (TPSA) is 38.3 Å². The van der Waals surface area contributed by atoms with Crippen LogP contribution in [0.4, 0.5) is 0 Å². The van der Waals surface area contributed by atoms with Gasteiger partial charge in [-0.2, -0.15) is 11.8 Å². The summed E-state index contributed by atoms with van der Waals surface area (Å²) in [4.78, 5) is 12.3. The van der Waals surface area contributed by atoms with Crippen molar-refractivity contribution in [2.75, 3.05) is 18.6 Å². The summed E-state index contributed by atoms with van der Waals surface area (Å²) in [6.45, 7) is 4.15. The van der Waals surface area contributed by atoms with Crippen LogP contribution in [-0.2, 0) is 11.2 Å². The highest BCUT2D eigenvalue weighted by Crippen LogP contribution is 2.26. The van der Waals surface area contributed by atoms with E-state index in [0.717, 1.165) is 17.7 Å². The molecule has 3 nitrogen and oxygen atoms in total. The van der Waals surface area contributed by atoms with Crippen LogP contribution in [0.1, 0.15) is 38.7 Å². The van der Waals surface area contributed by atoms with Crippen LogP contribution in [0.15, 0.2) is 24.3 Å². The second-order valence-electron chi connectivity index (χ2n) is 6.68. The second-order valence-corrected chi connectivity index (χ2v) is 7.91. The van der Waals surface area contributed by atoms with E-state index in [9.17, 15) is 4.79 Å². The zero-order valence-electron chi connectivity index (χ0n) is 13.9. The summed E-state index contributed by atoms with van der Waals surface area (Å²) >= 11 is 2.00. The van der Waals surface area contributed by atoms with Crippen LogP contribution < -0.4 is 10.1 Å². The van der Waals surface area contributed by atoms with E-state index < -0.39 is 0 Å². The number of hydrogen-bond donors (Lipinski definition) is 1. The summed E-state index contributed by atoms with van der Waals surface area (Å²) in [7, 11) is 1.69. The predicted molar refractivity (Wildman–Crippen MR) is 93.6 cm³/mol. The minimum atomic E-state index is -0.269. The zero-order valence-corrected chi connectivity index (χ0v) is 14.7. The van der Waals surface area contributed by atoms with Crippen molar-refractivity contribution in [1.82, 2.24) is 5.32 Å². The molecule has 0 bridgehead atoms. The van der Waals surface area contributed by atoms with E-state index in [1.165, 1.54) is 24.3 Å². The van der Waals surface area contributed by atoms with Crippen LogP contribution in [-0.4, -0.2) is 30.1 Å². The van der Waals surface area contributed by atoms with Gasteiger partial charge in [-0.15, -0.1) is 0 Å². The minimum absolute atomic E-state index is 0.178. The van der Waals surface area contributed by atoms with Crippen molar-refractivity contribution >= 4 is 17.7 Å². The van der Waals surface area contributed by atoms with E-state index in [1.807, 2.05) is 30.0 Å². The number of para-hydroxylation sites is 1. The molecule has 1 aromatic rings. The number of ether oxygens (including phenoxy) is 1. The third kappa shape index (κ3) is 5.24. The van der Waals surface area contributed by atoms with Crippen LogP contribution in [0.2, 0.25) is 0 Å². The Morgan fingerprint density at radius 3 is 2.68 bits per heavy atom. The first-order chi connectivity index (χ1) is 10.5. The van der Waals surface area contributed by atoms with Crippen molar-refractivity contribution in [2.45, 2.75) is 45.1 Å². The molecule has 0 spiro atoms. The van der Waals surface area contributed by atoms with Gasteiger partial charge in [0, 0.05) is 12.0 Å². The maximum Gasteiger partial charge on any atom is 0.220 e. The molecule has 1 amide bonds. The number of hydrogen-bond acceptors (Lipinski definition) is 3. The predicted octanol–water partition coefficient (Wildman–Crippen LogP) is 3.67. The number of carbonyl (C=O) groups is 1. The van der Waals surface area contributed by atoms with Gasteiger partial charge in [-0.1, -0.05) is 18.2 Å². The lowest BCUT2D eigenvalue weighted by Gasteiger charge is -2.29. The zero-order chi connectivity index (χ0) is 16.0. The molecule has 0 saturated carbocycles. The van der Waals surface area contributed by atoms with Crippen LogP contribution in [0.5, 0.6) is 5.75 Å². The largest absolute Gasteiger partial charge is 0.496 e. The summed E-state index contributed by atoms with van der Waals surface area (Å²) in [5.41, 5.74) is 0.860. The van der Waals surface area contributed by atoms with Crippen LogP contribution in [0, 0.1) is 5.92 Å². The molecule has 1 aliphatic rings. The molecule has 0 aromatic heterocycles. The Hall–Kier alpha value is -1.16. The quantitative estimate of drug-likeness (QED) is 0.869. The summed E-state index contributed by atoms with van der Waals surface area (Å²) in [6, 6.07) is 8.00. The molecule has 1 aromatic carbocycles. The fraction of sp³-hybridized carbons (Fsp3) is 0.611. The summed E-state index contributed by atoms with van der Waals surface area (Å²) in [6.07, 6.45) is 3.77. The molecule has 0 atom stereocenters. The number of benzene rings is 1. The van der Waals surface area contributed by atoms with Gasteiger partial charge in [0.25, 0.3) is 0 Å². The van der Waals surface area contributed by atoms with E-state index in [2.05, 4.69) is 25.2 Å². The number of nitrogens with one attached hydrogen (secondary N) is 1. The molecule has 1 aliphatic heterocycles. The normalized spacial score (nSPS) is 16.3. The van der Waals surface area contributed by atoms with Gasteiger partial charge in [-0.25, -0.2) is 0 Å². The third-order valence-corrected chi connectivity index (χ3v) is 5.17. The molecule has 1 fully saturated rings. The fourth-order valence-corrected chi connectivity index (χ4v) is 4.21. The monoisotopic (exact) mass is 321 g/mol. The van der Waals surface area contributed by atoms with E-state index in [0.29, 0.717) is 12.3 Å². The molecule has 22 heavy (non-hydrogen) atoms. The molecule has 1 saturated heterocycles. The second kappa shape index (κ2) is 7.91. The van der Waals surface area contributed by atoms with Crippen molar-refractivity contribution in [3.63, 3.8) is 0 Å². The van der Waals surface area contributed by atoms with Crippen molar-refractivity contribution in [3.05, 3.63) is 29.8 Å². The molecular weight excluding hydrogens is 294 g/mol. The molecule has 0 unspecified atom stereocenters. The average molecular weight is 321 g/mol. The maximum absolute atomic E-state index is 12.3. The smallest absolute Gasteiger partial charge is 0.220 e. The SMILES string of the molecule is COc1ccccc1CC(C)(C)NC(=O)CC1CCSCC1. The van der Waals surface area contributed by atoms with Gasteiger partial charge >= 0.3 is 0 Å². The van der Waals surface area contributed by atoms with Gasteiger partial charge < -0.3 is 10.1 Å². The van der Waals surface area contributed by atoms with Crippen molar-refractivity contribution in [1.29, 1.82) is 0 Å². The standard InChI is InChI=1S/C18H27NO2S/c1-18(2,13-15-6-4-5-7-16(15)21-3)19-17(20)12-14-8-10-22-11-9-14/h4-7,14H,8-13H2,1-3H3,(H,19,20). The lowest BCUT2D eigenvalue weighted by molar-refractivity contribution is -0.123. The van der Waals surface area contributed by atoms with E-state index in [4.69, 9.17) is 4.74 Å². The maximum atomic E-state index is 12.3. The van der Waals surface area contributed by atoms with Gasteiger partial charge in [-0.05, 0) is 62.2 Å². The first-order valence-corrected chi connectivity index (χ1v) is 9.16. The van der Waals surface area contributed by atoms with E-state index in [-0.39, 0.29) is 11.4 Å². The number of rotatable bonds is 6. The van der Waals surface area contributed by atoms with Gasteiger partial charge in [0.05, 0.1) is 7.11 Å². The summed E-state index contributed by atoms with van der Waals surface area (Å²) in [5, 5.41) is 3.20. The number of carbonyl (C=O) groups excluding carboxylic acids is 1. The molecule has 0 aliphatic carbocycles. The Bertz CT molecular complexity index is 496. The third-order valence-electron chi connectivity index (χ3n) is 4.12. The highest BCUT2D eigenvalue weighted by atomic mass is 32.2. The first kappa shape index (κ1) is 17.2. The Morgan fingerprint density at radius 1 is 1.32 bits per heavy atom. The van der Waals surface area contributed by atoms with Gasteiger partial charge in [0.2, 0.25) is 5.91 Å². The number of thioether (sulfide) groups is 1. The van der Waals surface area contributed by atoms with Crippen molar-refractivity contribution < 1.29 is 9.53 Å². The first-order valence-electron chi connectivity index (χ1n) is 8.01. The Kier molecular flexibility index (Phi) is 6.18. The van der Waals surface area contributed by atoms with Gasteiger partial charge in [0.1, 0.15) is 5.75 Å².